The third-order valence-corrected chi connectivity index (χ3v) is 3.45. The van der Waals surface area contributed by atoms with Crippen molar-refractivity contribution in [3.63, 3.8) is 0 Å². The lowest BCUT2D eigenvalue weighted by atomic mass is 10.2. The molecule has 1 aromatic carbocycles. The first kappa shape index (κ1) is 13.4. The monoisotopic (exact) mass is 352 g/mol. The zero-order valence-corrected chi connectivity index (χ0v) is 12.1. The highest BCUT2D eigenvalue weighted by Gasteiger charge is 2.13. The summed E-state index contributed by atoms with van der Waals surface area (Å²) in [6.07, 6.45) is 1.35. The third kappa shape index (κ3) is 2.65. The van der Waals surface area contributed by atoms with Crippen LogP contribution in [0.25, 0.3) is 5.69 Å². The van der Waals surface area contributed by atoms with Gasteiger partial charge in [0.1, 0.15) is 6.61 Å². The highest BCUT2D eigenvalue weighted by molar-refractivity contribution is 9.10. The van der Waals surface area contributed by atoms with Crippen molar-refractivity contribution in [3.05, 3.63) is 51.0 Å². The largest absolute Gasteiger partial charge is 0.472 e. The molecule has 0 spiro atoms. The molecule has 0 aliphatic rings. The number of nitrogens with zero attached hydrogens (tertiary/aromatic N) is 5. The number of rotatable bonds is 4. The van der Waals surface area contributed by atoms with E-state index in [0.29, 0.717) is 16.1 Å². The normalized spacial score (nSPS) is 10.7. The number of ether oxygens (including phenoxy) is 1. The minimum absolute atomic E-state index is 0.132. The fraction of sp³-hybridized carbons (Fsp3) is 0.0909. The molecular formula is C11H9BrN6O3. The van der Waals surface area contributed by atoms with Crippen LogP contribution >= 0.6 is 15.9 Å². The lowest BCUT2D eigenvalue weighted by molar-refractivity contribution is 0.141. The minimum atomic E-state index is -0.450. The molecule has 2 heterocycles. The van der Waals surface area contributed by atoms with Gasteiger partial charge in [-0.2, -0.15) is 4.68 Å². The van der Waals surface area contributed by atoms with Crippen LogP contribution in [0.2, 0.25) is 0 Å². The average molecular weight is 353 g/mol. The van der Waals surface area contributed by atoms with Crippen molar-refractivity contribution in [1.29, 1.82) is 0 Å². The van der Waals surface area contributed by atoms with Crippen molar-refractivity contribution in [2.45, 2.75) is 6.61 Å². The quantitative estimate of drug-likeness (QED) is 0.669. The molecule has 0 aliphatic carbocycles. The van der Waals surface area contributed by atoms with Crippen LogP contribution in [-0.4, -0.2) is 35.4 Å². The van der Waals surface area contributed by atoms with Gasteiger partial charge in [0.25, 0.3) is 0 Å². The maximum atomic E-state index is 11.6. The molecule has 21 heavy (non-hydrogen) atoms. The summed E-state index contributed by atoms with van der Waals surface area (Å²) in [6.45, 7) is 0.132. The Bertz CT molecular complexity index is 823. The van der Waals surface area contributed by atoms with Crippen LogP contribution in [0.5, 0.6) is 5.88 Å². The summed E-state index contributed by atoms with van der Waals surface area (Å²) in [5.74, 6) is 0.256. The minimum Gasteiger partial charge on any atom is -0.472 e. The number of benzene rings is 1. The first-order chi connectivity index (χ1) is 10.1. The van der Waals surface area contributed by atoms with Gasteiger partial charge in [0.2, 0.25) is 5.88 Å². The molecule has 9 nitrogen and oxygen atoms in total. The number of aromatic amines is 1. The van der Waals surface area contributed by atoms with E-state index in [4.69, 9.17) is 9.94 Å². The second-order valence-corrected chi connectivity index (χ2v) is 4.87. The topological polar surface area (TPSA) is 111 Å². The van der Waals surface area contributed by atoms with Crippen LogP contribution in [0.4, 0.5) is 0 Å². The molecule has 0 amide bonds. The van der Waals surface area contributed by atoms with E-state index in [1.54, 1.807) is 12.1 Å². The molecule has 0 saturated heterocycles. The highest BCUT2D eigenvalue weighted by atomic mass is 79.9. The summed E-state index contributed by atoms with van der Waals surface area (Å²) in [7, 11) is 0. The number of hydrogen-bond acceptors (Lipinski definition) is 6. The van der Waals surface area contributed by atoms with Crippen LogP contribution < -0.4 is 10.4 Å². The second-order valence-electron chi connectivity index (χ2n) is 4.02. The van der Waals surface area contributed by atoms with Gasteiger partial charge in [-0.3, -0.25) is 0 Å². The molecular weight excluding hydrogens is 344 g/mol. The predicted molar refractivity (Wildman–Crippen MR) is 73.4 cm³/mol. The SMILES string of the molecule is O=c1[nH]nnn1-c1cccc(Br)c1COc1ccn(O)n1. The first-order valence-electron chi connectivity index (χ1n) is 5.81. The van der Waals surface area contributed by atoms with Crippen molar-refractivity contribution >= 4 is 15.9 Å². The summed E-state index contributed by atoms with van der Waals surface area (Å²) in [5, 5.41) is 22.2. The number of tetrazole rings is 1. The number of hydrogen-bond donors (Lipinski definition) is 2. The summed E-state index contributed by atoms with van der Waals surface area (Å²) in [4.78, 5) is 12.3. The van der Waals surface area contributed by atoms with Crippen molar-refractivity contribution in [3.8, 4) is 11.6 Å². The van der Waals surface area contributed by atoms with Crippen LogP contribution in [-0.2, 0) is 6.61 Å². The van der Waals surface area contributed by atoms with E-state index in [-0.39, 0.29) is 12.5 Å². The van der Waals surface area contributed by atoms with Gasteiger partial charge in [-0.15, -0.1) is 4.85 Å². The molecule has 0 radical (unpaired) electrons. The van der Waals surface area contributed by atoms with Gasteiger partial charge in [-0.25, -0.2) is 9.89 Å². The van der Waals surface area contributed by atoms with E-state index in [2.05, 4.69) is 36.6 Å². The summed E-state index contributed by atoms with van der Waals surface area (Å²) < 4.78 is 7.36. The van der Waals surface area contributed by atoms with E-state index < -0.39 is 5.69 Å². The Kier molecular flexibility index (Phi) is 3.44. The fourth-order valence-electron chi connectivity index (χ4n) is 1.77. The number of H-pyrrole nitrogens is 1. The average Bonchev–Trinajstić information content (AvgIpc) is 3.06. The third-order valence-electron chi connectivity index (χ3n) is 2.71. The zero-order chi connectivity index (χ0) is 14.8. The summed E-state index contributed by atoms with van der Waals surface area (Å²) in [5.41, 5.74) is 0.779. The molecule has 2 N–H and O–H groups in total. The van der Waals surface area contributed by atoms with Crippen LogP contribution in [0.3, 0.4) is 0 Å². The maximum absolute atomic E-state index is 11.6. The van der Waals surface area contributed by atoms with Gasteiger partial charge in [0, 0.05) is 16.1 Å². The van der Waals surface area contributed by atoms with Crippen LogP contribution in [0, 0.1) is 0 Å². The molecule has 108 valence electrons. The molecule has 0 bridgehead atoms. The lowest BCUT2D eigenvalue weighted by Gasteiger charge is -2.10. The molecule has 2 aromatic heterocycles. The number of aromatic nitrogens is 6. The van der Waals surface area contributed by atoms with Crippen molar-refractivity contribution in [2.75, 3.05) is 0 Å². The lowest BCUT2D eigenvalue weighted by Crippen LogP contribution is -2.18. The van der Waals surface area contributed by atoms with Gasteiger partial charge >= 0.3 is 5.69 Å². The van der Waals surface area contributed by atoms with Crippen molar-refractivity contribution in [2.24, 2.45) is 0 Å². The molecule has 0 unspecified atom stereocenters. The second kappa shape index (κ2) is 5.40. The Balaban J connectivity index is 1.94. The van der Waals surface area contributed by atoms with E-state index in [0.717, 1.165) is 9.15 Å². The van der Waals surface area contributed by atoms with Crippen molar-refractivity contribution in [1.82, 2.24) is 30.2 Å². The molecule has 10 heteroatoms. The zero-order valence-electron chi connectivity index (χ0n) is 10.5. The Labute approximate surface area is 125 Å². The molecule has 3 aromatic rings. The summed E-state index contributed by atoms with van der Waals surface area (Å²) >= 11 is 3.41. The fourth-order valence-corrected chi connectivity index (χ4v) is 2.24. The molecule has 3 rings (SSSR count). The molecule has 0 saturated carbocycles. The van der Waals surface area contributed by atoms with Gasteiger partial charge in [0.15, 0.2) is 0 Å². The highest BCUT2D eigenvalue weighted by Crippen LogP contribution is 2.24. The molecule has 0 fully saturated rings. The van der Waals surface area contributed by atoms with E-state index >= 15 is 0 Å². The number of nitrogens with one attached hydrogen (secondary N) is 1. The van der Waals surface area contributed by atoms with Gasteiger partial charge in [0.05, 0.1) is 11.9 Å². The first-order valence-corrected chi connectivity index (χ1v) is 6.60. The van der Waals surface area contributed by atoms with E-state index in [9.17, 15) is 4.79 Å². The van der Waals surface area contributed by atoms with Crippen LogP contribution in [0.15, 0.2) is 39.7 Å². The van der Waals surface area contributed by atoms with Gasteiger partial charge in [-0.05, 0) is 22.6 Å². The Morgan fingerprint density at radius 2 is 2.24 bits per heavy atom. The van der Waals surface area contributed by atoms with Crippen LogP contribution in [0.1, 0.15) is 5.56 Å². The summed E-state index contributed by atoms with van der Waals surface area (Å²) in [6, 6.07) is 6.82. The Morgan fingerprint density at radius 3 is 2.90 bits per heavy atom. The molecule has 0 atom stereocenters. The van der Waals surface area contributed by atoms with E-state index in [1.165, 1.54) is 12.3 Å². The maximum Gasteiger partial charge on any atom is 0.365 e. The number of halogens is 1. The van der Waals surface area contributed by atoms with E-state index in [1.807, 2.05) is 6.07 Å². The molecule has 0 aliphatic heterocycles. The van der Waals surface area contributed by atoms with Gasteiger partial charge in [-0.1, -0.05) is 27.1 Å². The standard InChI is InChI=1S/C11H9BrN6O3/c12-8-2-1-3-9(18-11(19)13-15-16-18)7(8)6-21-10-4-5-17(20)14-10/h1-5,20H,6H2,(H,13,16,19). The van der Waals surface area contributed by atoms with Crippen molar-refractivity contribution < 1.29 is 9.94 Å². The Morgan fingerprint density at radius 1 is 1.38 bits per heavy atom. The predicted octanol–water partition coefficient (Wildman–Crippen LogP) is 0.731. The Hall–Kier alpha value is -2.62. The van der Waals surface area contributed by atoms with Gasteiger partial charge < -0.3 is 9.94 Å². The smallest absolute Gasteiger partial charge is 0.365 e.